The highest BCUT2D eigenvalue weighted by molar-refractivity contribution is 7.92. The molecule has 18 heavy (non-hydrogen) atoms. The lowest BCUT2D eigenvalue weighted by atomic mass is 10.2. The van der Waals surface area contributed by atoms with Crippen molar-refractivity contribution in [3.05, 3.63) is 11.3 Å². The van der Waals surface area contributed by atoms with Crippen LogP contribution in [0.2, 0.25) is 0 Å². The number of aryl methyl sites for hydroxylation is 1. The minimum atomic E-state index is -3.04. The van der Waals surface area contributed by atoms with Crippen LogP contribution in [0.3, 0.4) is 0 Å². The van der Waals surface area contributed by atoms with E-state index in [0.29, 0.717) is 18.5 Å². The Morgan fingerprint density at radius 1 is 1.61 bits per heavy atom. The Bertz CT molecular complexity index is 544. The molecule has 1 aliphatic heterocycles. The van der Waals surface area contributed by atoms with Crippen LogP contribution in [-0.2, 0) is 9.84 Å². The molecule has 0 aromatic carbocycles. The van der Waals surface area contributed by atoms with Gasteiger partial charge in [0, 0.05) is 12.2 Å². The van der Waals surface area contributed by atoms with E-state index >= 15 is 0 Å². The Morgan fingerprint density at radius 3 is 2.83 bits per heavy atom. The number of sulfone groups is 1. The van der Waals surface area contributed by atoms with Gasteiger partial charge in [0.05, 0.1) is 11.0 Å². The Labute approximate surface area is 105 Å². The van der Waals surface area contributed by atoms with Crippen molar-refractivity contribution in [1.29, 1.82) is 0 Å². The standard InChI is InChI=1S/C10H16N4O3S/c1-6-8(9(11)14-13-6)10(15)12-5-7-3-2-4-18(7,16)17/h7H,2-5H2,1H3,(H,12,15)(H3,11,13,14). The normalized spacial score (nSPS) is 21.9. The zero-order valence-electron chi connectivity index (χ0n) is 10.1. The number of rotatable bonds is 3. The predicted octanol–water partition coefficient (Wildman–Crippen LogP) is -0.393. The molecule has 8 heteroatoms. The van der Waals surface area contributed by atoms with Gasteiger partial charge < -0.3 is 11.1 Å². The number of carbonyl (C=O) groups excluding carboxylic acids is 1. The third-order valence-corrected chi connectivity index (χ3v) is 5.43. The molecule has 100 valence electrons. The van der Waals surface area contributed by atoms with Crippen LogP contribution < -0.4 is 11.1 Å². The van der Waals surface area contributed by atoms with Crippen LogP contribution in [-0.4, -0.2) is 42.1 Å². The number of carbonyl (C=O) groups is 1. The molecule has 1 saturated heterocycles. The van der Waals surface area contributed by atoms with Crippen molar-refractivity contribution in [2.24, 2.45) is 0 Å². The average molecular weight is 272 g/mol. The second-order valence-electron chi connectivity index (χ2n) is 4.45. The van der Waals surface area contributed by atoms with Gasteiger partial charge in [-0.1, -0.05) is 0 Å². The maximum absolute atomic E-state index is 11.9. The van der Waals surface area contributed by atoms with E-state index in [1.807, 2.05) is 0 Å². The molecule has 2 heterocycles. The van der Waals surface area contributed by atoms with E-state index < -0.39 is 15.1 Å². The Morgan fingerprint density at radius 2 is 2.33 bits per heavy atom. The molecule has 2 rings (SSSR count). The maximum atomic E-state index is 11.9. The molecule has 7 nitrogen and oxygen atoms in total. The first kappa shape index (κ1) is 12.9. The summed E-state index contributed by atoms with van der Waals surface area (Å²) in [7, 11) is -3.04. The third-order valence-electron chi connectivity index (χ3n) is 3.16. The number of nitrogens with two attached hydrogens (primary N) is 1. The summed E-state index contributed by atoms with van der Waals surface area (Å²) in [5.74, 6) is -0.0550. The van der Waals surface area contributed by atoms with Crippen molar-refractivity contribution < 1.29 is 13.2 Å². The summed E-state index contributed by atoms with van der Waals surface area (Å²) in [4.78, 5) is 11.9. The monoisotopic (exact) mass is 272 g/mol. The van der Waals surface area contributed by atoms with E-state index in [1.54, 1.807) is 6.92 Å². The second kappa shape index (κ2) is 4.60. The zero-order valence-corrected chi connectivity index (χ0v) is 10.9. The molecule has 1 fully saturated rings. The summed E-state index contributed by atoms with van der Waals surface area (Å²) in [5.41, 5.74) is 6.41. The Hall–Kier alpha value is -1.57. The van der Waals surface area contributed by atoms with Crippen LogP contribution in [0, 0.1) is 6.92 Å². The number of anilines is 1. The number of amides is 1. The number of nitrogens with zero attached hydrogens (tertiary/aromatic N) is 1. The Kier molecular flexibility index (Phi) is 3.29. The lowest BCUT2D eigenvalue weighted by molar-refractivity contribution is 0.0954. The number of hydrogen-bond acceptors (Lipinski definition) is 5. The van der Waals surface area contributed by atoms with Crippen LogP contribution in [0.5, 0.6) is 0 Å². The fourth-order valence-electron chi connectivity index (χ4n) is 2.12. The number of H-pyrrole nitrogens is 1. The van der Waals surface area contributed by atoms with E-state index in [-0.39, 0.29) is 29.6 Å². The van der Waals surface area contributed by atoms with Gasteiger partial charge in [-0.05, 0) is 19.8 Å². The number of aromatic amines is 1. The average Bonchev–Trinajstić information content (AvgIpc) is 2.79. The third kappa shape index (κ3) is 2.33. The van der Waals surface area contributed by atoms with Crippen molar-refractivity contribution in [2.75, 3.05) is 18.0 Å². The summed E-state index contributed by atoms with van der Waals surface area (Å²) in [5, 5.41) is 8.46. The van der Waals surface area contributed by atoms with Crippen molar-refractivity contribution in [3.63, 3.8) is 0 Å². The SMILES string of the molecule is Cc1[nH]nc(N)c1C(=O)NCC1CCCS1(=O)=O. The first-order chi connectivity index (χ1) is 8.42. The molecule has 1 aromatic rings. The van der Waals surface area contributed by atoms with Gasteiger partial charge in [-0.3, -0.25) is 9.89 Å². The van der Waals surface area contributed by atoms with Gasteiger partial charge in [-0.25, -0.2) is 8.42 Å². The molecule has 1 atom stereocenters. The lowest BCUT2D eigenvalue weighted by Gasteiger charge is -2.10. The molecular formula is C10H16N4O3S. The number of nitrogen functional groups attached to an aromatic ring is 1. The van der Waals surface area contributed by atoms with Crippen molar-refractivity contribution in [1.82, 2.24) is 15.5 Å². The lowest BCUT2D eigenvalue weighted by Crippen LogP contribution is -2.35. The van der Waals surface area contributed by atoms with Crippen LogP contribution in [0.25, 0.3) is 0 Å². The van der Waals surface area contributed by atoms with Crippen LogP contribution >= 0.6 is 0 Å². The highest BCUT2D eigenvalue weighted by atomic mass is 32.2. The van der Waals surface area contributed by atoms with Crippen molar-refractivity contribution >= 4 is 21.6 Å². The van der Waals surface area contributed by atoms with E-state index in [2.05, 4.69) is 15.5 Å². The van der Waals surface area contributed by atoms with E-state index in [1.165, 1.54) is 0 Å². The summed E-state index contributed by atoms with van der Waals surface area (Å²) >= 11 is 0. The molecule has 1 aliphatic rings. The molecule has 0 radical (unpaired) electrons. The molecule has 1 unspecified atom stereocenters. The van der Waals surface area contributed by atoms with Crippen molar-refractivity contribution in [3.8, 4) is 0 Å². The van der Waals surface area contributed by atoms with Crippen LogP contribution in [0.15, 0.2) is 0 Å². The number of aromatic nitrogens is 2. The minimum absolute atomic E-state index is 0.124. The molecule has 0 saturated carbocycles. The van der Waals surface area contributed by atoms with Gasteiger partial charge in [0.2, 0.25) is 0 Å². The molecular weight excluding hydrogens is 256 g/mol. The quantitative estimate of drug-likeness (QED) is 0.692. The van der Waals surface area contributed by atoms with E-state index in [9.17, 15) is 13.2 Å². The van der Waals surface area contributed by atoms with Crippen molar-refractivity contribution in [2.45, 2.75) is 25.0 Å². The fourth-order valence-corrected chi connectivity index (χ4v) is 3.88. The second-order valence-corrected chi connectivity index (χ2v) is 6.85. The minimum Gasteiger partial charge on any atom is -0.382 e. The predicted molar refractivity (Wildman–Crippen MR) is 66.9 cm³/mol. The van der Waals surface area contributed by atoms with Gasteiger partial charge in [-0.15, -0.1) is 0 Å². The fraction of sp³-hybridized carbons (Fsp3) is 0.600. The molecule has 4 N–H and O–H groups in total. The van der Waals surface area contributed by atoms with Crippen LogP contribution in [0.4, 0.5) is 5.82 Å². The highest BCUT2D eigenvalue weighted by Crippen LogP contribution is 2.19. The maximum Gasteiger partial charge on any atom is 0.256 e. The van der Waals surface area contributed by atoms with Gasteiger partial charge in [0.25, 0.3) is 5.91 Å². The molecule has 0 aliphatic carbocycles. The first-order valence-corrected chi connectivity index (χ1v) is 7.43. The van der Waals surface area contributed by atoms with Gasteiger partial charge in [-0.2, -0.15) is 5.10 Å². The van der Waals surface area contributed by atoms with Gasteiger partial charge in [0.15, 0.2) is 15.7 Å². The summed E-state index contributed by atoms with van der Waals surface area (Å²) in [6, 6.07) is 0. The molecule has 1 aromatic heterocycles. The number of nitrogens with one attached hydrogen (secondary N) is 2. The molecule has 0 spiro atoms. The smallest absolute Gasteiger partial charge is 0.256 e. The van der Waals surface area contributed by atoms with E-state index in [0.717, 1.165) is 0 Å². The van der Waals surface area contributed by atoms with Gasteiger partial charge >= 0.3 is 0 Å². The molecule has 1 amide bonds. The van der Waals surface area contributed by atoms with E-state index in [4.69, 9.17) is 5.73 Å². The number of hydrogen-bond donors (Lipinski definition) is 3. The van der Waals surface area contributed by atoms with Gasteiger partial charge in [0.1, 0.15) is 5.56 Å². The first-order valence-electron chi connectivity index (χ1n) is 5.72. The Balaban J connectivity index is 2.01. The summed E-state index contributed by atoms with van der Waals surface area (Å²) in [6.07, 6.45) is 1.26. The topological polar surface area (TPSA) is 118 Å². The highest BCUT2D eigenvalue weighted by Gasteiger charge is 2.31. The van der Waals surface area contributed by atoms with Crippen LogP contribution in [0.1, 0.15) is 28.9 Å². The molecule has 0 bridgehead atoms. The largest absolute Gasteiger partial charge is 0.382 e. The summed E-state index contributed by atoms with van der Waals surface area (Å²) < 4.78 is 23.2. The zero-order chi connectivity index (χ0) is 13.3. The summed E-state index contributed by atoms with van der Waals surface area (Å²) in [6.45, 7) is 1.82.